The van der Waals surface area contributed by atoms with Crippen LogP contribution in [0.25, 0.3) is 5.65 Å². The number of piperazine rings is 1. The molecule has 0 aliphatic carbocycles. The van der Waals surface area contributed by atoms with E-state index in [2.05, 4.69) is 25.0 Å². The van der Waals surface area contributed by atoms with E-state index >= 15 is 0 Å². The predicted octanol–water partition coefficient (Wildman–Crippen LogP) is 1.15. The van der Waals surface area contributed by atoms with Gasteiger partial charge in [-0.25, -0.2) is 27.9 Å². The van der Waals surface area contributed by atoms with Crippen LogP contribution in [0.1, 0.15) is 12.2 Å². The quantitative estimate of drug-likeness (QED) is 0.386. The van der Waals surface area contributed by atoms with Crippen molar-refractivity contribution in [3.8, 4) is 0 Å². The van der Waals surface area contributed by atoms with E-state index in [0.29, 0.717) is 44.9 Å². The monoisotopic (exact) mass is 433 g/mol. The minimum Gasteiger partial charge on any atom is -0.293 e. The van der Waals surface area contributed by atoms with E-state index in [4.69, 9.17) is 0 Å². The second-order valence-electron chi connectivity index (χ2n) is 6.76. The smallest absolute Gasteiger partial charge is 0.214 e. The molecular formula is C18H23N7O2S2. The Morgan fingerprint density at radius 2 is 1.79 bits per heavy atom. The topological polar surface area (TPSA) is 96.6 Å². The summed E-state index contributed by atoms with van der Waals surface area (Å²) >= 11 is 1.56. The van der Waals surface area contributed by atoms with Crippen LogP contribution in [-0.2, 0) is 16.6 Å². The molecule has 0 radical (unpaired) electrons. The molecule has 1 aliphatic heterocycles. The van der Waals surface area contributed by atoms with Gasteiger partial charge in [-0.3, -0.25) is 4.90 Å². The lowest BCUT2D eigenvalue weighted by atomic mass is 10.3. The lowest BCUT2D eigenvalue weighted by molar-refractivity contribution is 0.178. The first-order chi connectivity index (χ1) is 14.1. The third-order valence-electron chi connectivity index (χ3n) is 4.74. The van der Waals surface area contributed by atoms with Crippen LogP contribution < -0.4 is 0 Å². The van der Waals surface area contributed by atoms with Crippen molar-refractivity contribution in [1.82, 2.24) is 33.8 Å². The van der Waals surface area contributed by atoms with Gasteiger partial charge in [-0.1, -0.05) is 0 Å². The summed E-state index contributed by atoms with van der Waals surface area (Å²) in [6.07, 6.45) is 7.55. The number of rotatable bonds is 8. The molecule has 0 amide bonds. The molecule has 0 atom stereocenters. The number of fused-ring (bicyclic) bond motifs is 1. The number of sulfonamides is 1. The van der Waals surface area contributed by atoms with Crippen molar-refractivity contribution in [2.45, 2.75) is 18.0 Å². The standard InChI is InChI=1S/C18H23N7O2S2/c26-29(27,14-2-13-28-18-4-3-17-21-7-8-25(17)22-18)24-11-9-23(10-12-24)15-16-19-5-1-6-20-16/h1,3-8H,2,9-15H2. The fourth-order valence-corrected chi connectivity index (χ4v) is 5.68. The highest BCUT2D eigenvalue weighted by atomic mass is 32.2. The van der Waals surface area contributed by atoms with Crippen LogP contribution in [0.5, 0.6) is 0 Å². The molecule has 0 bridgehead atoms. The van der Waals surface area contributed by atoms with Gasteiger partial charge in [0.25, 0.3) is 0 Å². The molecule has 0 N–H and O–H groups in total. The van der Waals surface area contributed by atoms with Crippen LogP contribution in [0.4, 0.5) is 0 Å². The van der Waals surface area contributed by atoms with Crippen molar-refractivity contribution in [3.63, 3.8) is 0 Å². The molecule has 0 spiro atoms. The molecule has 3 aromatic rings. The van der Waals surface area contributed by atoms with Gasteiger partial charge in [-0.15, -0.1) is 11.8 Å². The van der Waals surface area contributed by atoms with Gasteiger partial charge in [0.2, 0.25) is 10.0 Å². The van der Waals surface area contributed by atoms with E-state index in [-0.39, 0.29) is 5.75 Å². The molecule has 3 aromatic heterocycles. The molecule has 11 heteroatoms. The molecule has 0 unspecified atom stereocenters. The molecule has 4 heterocycles. The third-order valence-corrected chi connectivity index (χ3v) is 7.70. The summed E-state index contributed by atoms with van der Waals surface area (Å²) in [5.41, 5.74) is 0.801. The molecular weight excluding hydrogens is 410 g/mol. The fraction of sp³-hybridized carbons (Fsp3) is 0.444. The molecule has 0 saturated carbocycles. The number of hydrogen-bond acceptors (Lipinski definition) is 8. The molecule has 154 valence electrons. The Kier molecular flexibility index (Phi) is 6.38. The van der Waals surface area contributed by atoms with Gasteiger partial charge in [0, 0.05) is 56.7 Å². The molecule has 1 saturated heterocycles. The molecule has 1 aliphatic rings. The second kappa shape index (κ2) is 9.16. The lowest BCUT2D eigenvalue weighted by Crippen LogP contribution is -2.49. The number of nitrogens with zero attached hydrogens (tertiary/aromatic N) is 7. The second-order valence-corrected chi connectivity index (χ2v) is 9.96. The first kappa shape index (κ1) is 20.2. The first-order valence-electron chi connectivity index (χ1n) is 9.49. The number of aromatic nitrogens is 5. The van der Waals surface area contributed by atoms with Crippen molar-refractivity contribution in [1.29, 1.82) is 0 Å². The van der Waals surface area contributed by atoms with E-state index in [1.54, 1.807) is 51.4 Å². The summed E-state index contributed by atoms with van der Waals surface area (Å²) in [4.78, 5) is 14.8. The van der Waals surface area contributed by atoms with E-state index in [0.717, 1.165) is 16.5 Å². The average Bonchev–Trinajstić information content (AvgIpc) is 3.20. The van der Waals surface area contributed by atoms with Crippen LogP contribution >= 0.6 is 11.8 Å². The van der Waals surface area contributed by atoms with E-state index in [1.807, 2.05) is 12.1 Å². The van der Waals surface area contributed by atoms with Crippen LogP contribution in [0.2, 0.25) is 0 Å². The summed E-state index contributed by atoms with van der Waals surface area (Å²) < 4.78 is 28.6. The Labute approximate surface area is 174 Å². The first-order valence-corrected chi connectivity index (χ1v) is 12.1. The third kappa shape index (κ3) is 5.30. The Bertz CT molecular complexity index is 1030. The molecule has 4 rings (SSSR count). The average molecular weight is 434 g/mol. The fourth-order valence-electron chi connectivity index (χ4n) is 3.20. The molecule has 29 heavy (non-hydrogen) atoms. The summed E-state index contributed by atoms with van der Waals surface area (Å²) in [6.45, 7) is 3.07. The SMILES string of the molecule is O=S(=O)(CCCSc1ccc2nccn2n1)N1CCN(Cc2ncccn2)CC1. The zero-order valence-corrected chi connectivity index (χ0v) is 17.6. The lowest BCUT2D eigenvalue weighted by Gasteiger charge is -2.33. The maximum Gasteiger partial charge on any atom is 0.214 e. The Hall–Kier alpha value is -2.08. The van der Waals surface area contributed by atoms with Crippen LogP contribution in [0.3, 0.4) is 0 Å². The highest BCUT2D eigenvalue weighted by Gasteiger charge is 2.26. The minimum absolute atomic E-state index is 0.162. The summed E-state index contributed by atoms with van der Waals surface area (Å²) in [7, 11) is -3.23. The van der Waals surface area contributed by atoms with Crippen LogP contribution in [0.15, 0.2) is 48.0 Å². The highest BCUT2D eigenvalue weighted by Crippen LogP contribution is 2.18. The number of imidazole rings is 1. The maximum atomic E-state index is 12.6. The number of hydrogen-bond donors (Lipinski definition) is 0. The van der Waals surface area contributed by atoms with Crippen LogP contribution in [-0.4, -0.2) is 79.9 Å². The van der Waals surface area contributed by atoms with Gasteiger partial charge < -0.3 is 0 Å². The van der Waals surface area contributed by atoms with Gasteiger partial charge in [-0.05, 0) is 24.6 Å². The Balaban J connectivity index is 1.21. The number of thioether (sulfide) groups is 1. The molecule has 9 nitrogen and oxygen atoms in total. The molecule has 0 aromatic carbocycles. The zero-order chi connectivity index (χ0) is 20.1. The Morgan fingerprint density at radius 1 is 1.00 bits per heavy atom. The van der Waals surface area contributed by atoms with Gasteiger partial charge >= 0.3 is 0 Å². The zero-order valence-electron chi connectivity index (χ0n) is 16.0. The van der Waals surface area contributed by atoms with Crippen LogP contribution in [0, 0.1) is 0 Å². The normalized spacial score (nSPS) is 16.4. The molecule has 1 fully saturated rings. The van der Waals surface area contributed by atoms with Crippen molar-refractivity contribution >= 4 is 27.4 Å². The summed E-state index contributed by atoms with van der Waals surface area (Å²) in [5, 5.41) is 5.31. The van der Waals surface area contributed by atoms with Crippen molar-refractivity contribution in [2.75, 3.05) is 37.7 Å². The van der Waals surface area contributed by atoms with Gasteiger partial charge in [0.1, 0.15) is 10.9 Å². The summed E-state index contributed by atoms with van der Waals surface area (Å²) in [6, 6.07) is 5.61. The maximum absolute atomic E-state index is 12.6. The van der Waals surface area contributed by atoms with E-state index in [9.17, 15) is 8.42 Å². The van der Waals surface area contributed by atoms with Crippen molar-refractivity contribution in [2.24, 2.45) is 0 Å². The van der Waals surface area contributed by atoms with E-state index in [1.165, 1.54) is 0 Å². The predicted molar refractivity (Wildman–Crippen MR) is 111 cm³/mol. The largest absolute Gasteiger partial charge is 0.293 e. The Morgan fingerprint density at radius 3 is 2.59 bits per heavy atom. The highest BCUT2D eigenvalue weighted by molar-refractivity contribution is 7.99. The van der Waals surface area contributed by atoms with Gasteiger partial charge in [-0.2, -0.15) is 9.40 Å². The summed E-state index contributed by atoms with van der Waals surface area (Å²) in [5.74, 6) is 1.63. The van der Waals surface area contributed by atoms with Gasteiger partial charge in [0.05, 0.1) is 12.3 Å². The van der Waals surface area contributed by atoms with E-state index < -0.39 is 10.0 Å². The van der Waals surface area contributed by atoms with Crippen molar-refractivity contribution in [3.05, 3.63) is 48.8 Å². The van der Waals surface area contributed by atoms with Gasteiger partial charge in [0.15, 0.2) is 5.65 Å². The minimum atomic E-state index is -3.23. The van der Waals surface area contributed by atoms with Crippen molar-refractivity contribution < 1.29 is 8.42 Å².